The van der Waals surface area contributed by atoms with Crippen LogP contribution in [0.15, 0.2) is 186 Å². The van der Waals surface area contributed by atoms with E-state index in [1.807, 2.05) is 66.7 Å². The summed E-state index contributed by atoms with van der Waals surface area (Å²) >= 11 is 0. The average Bonchev–Trinajstić information content (AvgIpc) is 3.80. The Labute approximate surface area is 310 Å². The first-order valence-electron chi connectivity index (χ1n) is 18.1. The van der Waals surface area contributed by atoms with Gasteiger partial charge in [0.2, 0.25) is 0 Å². The second kappa shape index (κ2) is 12.1. The number of rotatable bonds is 5. The van der Waals surface area contributed by atoms with Crippen molar-refractivity contribution in [3.63, 3.8) is 0 Å². The van der Waals surface area contributed by atoms with Gasteiger partial charge in [-0.15, -0.1) is 0 Å². The first-order chi connectivity index (χ1) is 26.8. The van der Waals surface area contributed by atoms with Crippen molar-refractivity contribution in [1.82, 2.24) is 19.5 Å². The molecule has 0 aliphatic rings. The fraction of sp³-hybridized carbons (Fsp3) is 0. The molecule has 5 nitrogen and oxygen atoms in total. The van der Waals surface area contributed by atoms with Crippen molar-refractivity contribution in [2.75, 3.05) is 0 Å². The quantitative estimate of drug-likeness (QED) is 0.180. The summed E-state index contributed by atoms with van der Waals surface area (Å²) in [5.41, 5.74) is 10.1. The Morgan fingerprint density at radius 1 is 0.370 bits per heavy atom. The van der Waals surface area contributed by atoms with Crippen LogP contribution in [0.2, 0.25) is 0 Å². The van der Waals surface area contributed by atoms with Gasteiger partial charge in [-0.1, -0.05) is 140 Å². The second-order valence-electron chi connectivity index (χ2n) is 13.6. The number of aromatic nitrogens is 4. The molecule has 0 saturated heterocycles. The topological polar surface area (TPSA) is 56.7 Å². The maximum atomic E-state index is 6.61. The summed E-state index contributed by atoms with van der Waals surface area (Å²) in [6.45, 7) is 0. The van der Waals surface area contributed by atoms with Gasteiger partial charge in [0, 0.05) is 43.9 Å². The summed E-state index contributed by atoms with van der Waals surface area (Å²) in [7, 11) is 0. The molecule has 252 valence electrons. The maximum absolute atomic E-state index is 6.61. The Kier molecular flexibility index (Phi) is 6.79. The van der Waals surface area contributed by atoms with Gasteiger partial charge in [0.25, 0.3) is 0 Å². The van der Waals surface area contributed by atoms with Crippen molar-refractivity contribution < 1.29 is 4.42 Å². The standard InChI is InChI=1S/C49H30N4O/c1-4-14-32(15-5-1)47-50-48(33-16-6-2-7-17-33)52-49(51-47)35-24-27-40-44(30-35)54-43-22-12-21-38(46(40)43)34-23-26-39-42(29-34)53(36-18-8-3-9-19-36)41-28-25-31-13-10-11-20-37(31)45(39)41/h1-30H. The number of hydrogen-bond acceptors (Lipinski definition) is 4. The van der Waals surface area contributed by atoms with E-state index in [-0.39, 0.29) is 0 Å². The molecule has 11 rings (SSSR count). The first kappa shape index (κ1) is 30.3. The van der Waals surface area contributed by atoms with E-state index >= 15 is 0 Å². The smallest absolute Gasteiger partial charge is 0.164 e. The molecule has 0 spiro atoms. The number of furan rings is 1. The summed E-state index contributed by atoms with van der Waals surface area (Å²) in [5.74, 6) is 1.85. The summed E-state index contributed by atoms with van der Waals surface area (Å²) in [4.78, 5) is 14.8. The van der Waals surface area contributed by atoms with Crippen LogP contribution in [0.1, 0.15) is 0 Å². The van der Waals surface area contributed by atoms with Gasteiger partial charge in [-0.05, 0) is 64.4 Å². The minimum Gasteiger partial charge on any atom is -0.456 e. The lowest BCUT2D eigenvalue weighted by Crippen LogP contribution is -2.00. The molecule has 3 heterocycles. The molecule has 5 heteroatoms. The first-order valence-corrected chi connectivity index (χ1v) is 18.1. The molecule has 3 aromatic heterocycles. The molecule has 8 aromatic carbocycles. The number of para-hydroxylation sites is 1. The van der Waals surface area contributed by atoms with Gasteiger partial charge in [0.05, 0.1) is 11.0 Å². The van der Waals surface area contributed by atoms with Crippen LogP contribution in [0.5, 0.6) is 0 Å². The van der Waals surface area contributed by atoms with Crippen LogP contribution in [-0.4, -0.2) is 19.5 Å². The van der Waals surface area contributed by atoms with Crippen molar-refractivity contribution in [2.24, 2.45) is 0 Å². The van der Waals surface area contributed by atoms with Crippen LogP contribution in [0.25, 0.3) is 105 Å². The van der Waals surface area contributed by atoms with E-state index in [1.54, 1.807) is 0 Å². The number of fused-ring (bicyclic) bond motifs is 8. The zero-order valence-electron chi connectivity index (χ0n) is 29.0. The molecule has 0 aliphatic heterocycles. The van der Waals surface area contributed by atoms with Crippen LogP contribution < -0.4 is 0 Å². The van der Waals surface area contributed by atoms with Gasteiger partial charge >= 0.3 is 0 Å². The fourth-order valence-corrected chi connectivity index (χ4v) is 7.95. The molecule has 0 atom stereocenters. The molecule has 0 N–H and O–H groups in total. The maximum Gasteiger partial charge on any atom is 0.164 e. The highest BCUT2D eigenvalue weighted by molar-refractivity contribution is 6.22. The van der Waals surface area contributed by atoms with Gasteiger partial charge in [0.1, 0.15) is 11.2 Å². The van der Waals surface area contributed by atoms with Crippen molar-refractivity contribution in [3.05, 3.63) is 182 Å². The fourth-order valence-electron chi connectivity index (χ4n) is 7.95. The van der Waals surface area contributed by atoms with Crippen LogP contribution >= 0.6 is 0 Å². The van der Waals surface area contributed by atoms with Crippen molar-refractivity contribution >= 4 is 54.5 Å². The van der Waals surface area contributed by atoms with E-state index in [9.17, 15) is 0 Å². The van der Waals surface area contributed by atoms with Gasteiger partial charge in [0.15, 0.2) is 17.5 Å². The lowest BCUT2D eigenvalue weighted by Gasteiger charge is -2.10. The molecule has 0 saturated carbocycles. The molecule has 0 fully saturated rings. The molecule has 0 amide bonds. The molecular weight excluding hydrogens is 661 g/mol. The van der Waals surface area contributed by atoms with Crippen molar-refractivity contribution in [2.45, 2.75) is 0 Å². The summed E-state index contributed by atoms with van der Waals surface area (Å²) in [6.07, 6.45) is 0. The molecule has 0 radical (unpaired) electrons. The highest BCUT2D eigenvalue weighted by Gasteiger charge is 2.19. The zero-order chi connectivity index (χ0) is 35.6. The highest BCUT2D eigenvalue weighted by atomic mass is 16.3. The molecule has 11 aromatic rings. The third-order valence-electron chi connectivity index (χ3n) is 10.4. The Bertz CT molecular complexity index is 3140. The SMILES string of the molecule is c1ccc(-c2nc(-c3ccccc3)nc(-c3ccc4c(c3)oc3cccc(-c5ccc6c7c8ccccc8ccc7n(-c7ccccc7)c6c5)c34)n2)cc1. The summed E-state index contributed by atoms with van der Waals surface area (Å²) in [6, 6.07) is 63.3. The Balaban J connectivity index is 1.09. The molecule has 54 heavy (non-hydrogen) atoms. The predicted octanol–water partition coefficient (Wildman–Crippen LogP) is 12.7. The minimum absolute atomic E-state index is 0.594. The van der Waals surface area contributed by atoms with Crippen LogP contribution in [0, 0.1) is 0 Å². The van der Waals surface area contributed by atoms with Gasteiger partial charge in [-0.3, -0.25) is 0 Å². The molecule has 0 aliphatic carbocycles. The van der Waals surface area contributed by atoms with E-state index in [1.165, 1.54) is 27.1 Å². The van der Waals surface area contributed by atoms with E-state index in [4.69, 9.17) is 19.4 Å². The van der Waals surface area contributed by atoms with E-state index in [0.717, 1.165) is 61.0 Å². The predicted molar refractivity (Wildman–Crippen MR) is 221 cm³/mol. The lowest BCUT2D eigenvalue weighted by atomic mass is 9.97. The molecular formula is C49H30N4O. The largest absolute Gasteiger partial charge is 0.456 e. The van der Waals surface area contributed by atoms with Crippen molar-refractivity contribution in [1.29, 1.82) is 0 Å². The van der Waals surface area contributed by atoms with Gasteiger partial charge in [-0.2, -0.15) is 0 Å². The summed E-state index contributed by atoms with van der Waals surface area (Å²) < 4.78 is 9.00. The number of hydrogen-bond donors (Lipinski definition) is 0. The normalized spacial score (nSPS) is 11.7. The second-order valence-corrected chi connectivity index (χ2v) is 13.6. The zero-order valence-corrected chi connectivity index (χ0v) is 29.0. The summed E-state index contributed by atoms with van der Waals surface area (Å²) in [5, 5.41) is 7.11. The number of benzene rings is 8. The minimum atomic E-state index is 0.594. The highest BCUT2D eigenvalue weighted by Crippen LogP contribution is 2.42. The Morgan fingerprint density at radius 2 is 1.00 bits per heavy atom. The Hall–Kier alpha value is -7.37. The van der Waals surface area contributed by atoms with Gasteiger partial charge in [-0.25, -0.2) is 15.0 Å². The van der Waals surface area contributed by atoms with Crippen LogP contribution in [0.3, 0.4) is 0 Å². The van der Waals surface area contributed by atoms with Crippen LogP contribution in [0.4, 0.5) is 0 Å². The average molecular weight is 691 g/mol. The third-order valence-corrected chi connectivity index (χ3v) is 10.4. The van der Waals surface area contributed by atoms with E-state index in [2.05, 4.69) is 120 Å². The van der Waals surface area contributed by atoms with E-state index in [0.29, 0.717) is 17.5 Å². The van der Waals surface area contributed by atoms with Crippen LogP contribution in [-0.2, 0) is 0 Å². The monoisotopic (exact) mass is 690 g/mol. The van der Waals surface area contributed by atoms with E-state index < -0.39 is 0 Å². The lowest BCUT2D eigenvalue weighted by molar-refractivity contribution is 0.669. The third kappa shape index (κ3) is 4.83. The molecule has 0 bridgehead atoms. The van der Waals surface area contributed by atoms with Crippen molar-refractivity contribution in [3.8, 4) is 51.0 Å². The molecule has 0 unspecified atom stereocenters. The number of nitrogens with zero attached hydrogens (tertiary/aromatic N) is 4. The van der Waals surface area contributed by atoms with Gasteiger partial charge < -0.3 is 8.98 Å². The Morgan fingerprint density at radius 3 is 1.74 bits per heavy atom.